The Morgan fingerprint density at radius 2 is 1.61 bits per heavy atom. The number of nitrogens with zero attached hydrogens (tertiary/aromatic N) is 1. The molecule has 0 radical (unpaired) electrons. The van der Waals surface area contributed by atoms with Crippen LogP contribution in [0.4, 0.5) is 0 Å². The number of imide groups is 1. The SMILES string of the molecule is CC(C)(C)c1ccc(C2=CC(=O)N(O)C2=O)cc1. The molecule has 1 aromatic carbocycles. The van der Waals surface area contributed by atoms with Crippen molar-refractivity contribution in [3.63, 3.8) is 0 Å². The van der Waals surface area contributed by atoms with Gasteiger partial charge in [0.25, 0.3) is 11.8 Å². The summed E-state index contributed by atoms with van der Waals surface area (Å²) < 4.78 is 0. The zero-order valence-electron chi connectivity index (χ0n) is 10.6. The van der Waals surface area contributed by atoms with Crippen molar-refractivity contribution in [1.82, 2.24) is 5.06 Å². The monoisotopic (exact) mass is 245 g/mol. The van der Waals surface area contributed by atoms with Gasteiger partial charge in [-0.25, -0.2) is 0 Å². The third-order valence-electron chi connectivity index (χ3n) is 2.96. The smallest absolute Gasteiger partial charge is 0.278 e. The number of hydroxylamine groups is 2. The van der Waals surface area contributed by atoms with Crippen molar-refractivity contribution >= 4 is 17.4 Å². The summed E-state index contributed by atoms with van der Waals surface area (Å²) >= 11 is 0. The third kappa shape index (κ3) is 2.07. The molecule has 0 unspecified atom stereocenters. The number of hydrogen-bond acceptors (Lipinski definition) is 3. The number of carbonyl (C=O) groups is 2. The summed E-state index contributed by atoms with van der Waals surface area (Å²) in [6.45, 7) is 6.29. The second-order valence-electron chi connectivity index (χ2n) is 5.34. The van der Waals surface area contributed by atoms with Gasteiger partial charge in [-0.05, 0) is 16.5 Å². The maximum Gasteiger partial charge on any atom is 0.285 e. The van der Waals surface area contributed by atoms with Crippen LogP contribution in [0.1, 0.15) is 31.9 Å². The summed E-state index contributed by atoms with van der Waals surface area (Å²) in [6.07, 6.45) is 1.15. The topological polar surface area (TPSA) is 57.6 Å². The number of hydrogen-bond donors (Lipinski definition) is 1. The molecule has 2 rings (SSSR count). The molecule has 1 N–H and O–H groups in total. The molecule has 1 aliphatic rings. The molecule has 1 aromatic rings. The highest BCUT2D eigenvalue weighted by atomic mass is 16.5. The van der Waals surface area contributed by atoms with Gasteiger partial charge in [0.05, 0.1) is 5.57 Å². The summed E-state index contributed by atoms with van der Waals surface area (Å²) in [5.74, 6) is -1.38. The predicted octanol–water partition coefficient (Wildman–Crippen LogP) is 2.13. The van der Waals surface area contributed by atoms with E-state index in [2.05, 4.69) is 20.8 Å². The molecular weight excluding hydrogens is 230 g/mol. The van der Waals surface area contributed by atoms with Gasteiger partial charge in [0.2, 0.25) is 0 Å². The summed E-state index contributed by atoms with van der Waals surface area (Å²) in [5, 5.41) is 9.30. The van der Waals surface area contributed by atoms with Gasteiger partial charge in [-0.2, -0.15) is 0 Å². The van der Waals surface area contributed by atoms with E-state index in [1.165, 1.54) is 0 Å². The Labute approximate surface area is 105 Å². The predicted molar refractivity (Wildman–Crippen MR) is 66.8 cm³/mol. The van der Waals surface area contributed by atoms with E-state index in [1.807, 2.05) is 12.1 Å². The molecule has 0 atom stereocenters. The Hall–Kier alpha value is -1.94. The molecule has 0 fully saturated rings. The summed E-state index contributed by atoms with van der Waals surface area (Å²) in [5.41, 5.74) is 2.04. The van der Waals surface area contributed by atoms with Crippen LogP contribution >= 0.6 is 0 Å². The van der Waals surface area contributed by atoms with Crippen LogP contribution in [0.15, 0.2) is 30.3 Å². The lowest BCUT2D eigenvalue weighted by Gasteiger charge is -2.19. The van der Waals surface area contributed by atoms with E-state index in [0.717, 1.165) is 11.6 Å². The lowest BCUT2D eigenvalue weighted by molar-refractivity contribution is -0.168. The van der Waals surface area contributed by atoms with Crippen LogP contribution in [0.25, 0.3) is 5.57 Å². The molecule has 4 nitrogen and oxygen atoms in total. The Morgan fingerprint density at radius 3 is 2.00 bits per heavy atom. The molecule has 18 heavy (non-hydrogen) atoms. The maximum atomic E-state index is 11.6. The average molecular weight is 245 g/mol. The zero-order chi connectivity index (χ0) is 13.5. The average Bonchev–Trinajstić information content (AvgIpc) is 2.56. The minimum Gasteiger partial charge on any atom is -0.278 e. The zero-order valence-corrected chi connectivity index (χ0v) is 10.6. The molecule has 0 saturated heterocycles. The minimum absolute atomic E-state index is 0.0332. The largest absolute Gasteiger partial charge is 0.285 e. The molecule has 2 amide bonds. The van der Waals surface area contributed by atoms with Crippen LogP contribution in [0, 0.1) is 0 Å². The first-order valence-electron chi connectivity index (χ1n) is 5.70. The highest BCUT2D eigenvalue weighted by Gasteiger charge is 2.30. The number of carbonyl (C=O) groups excluding carboxylic acids is 2. The van der Waals surface area contributed by atoms with Crippen molar-refractivity contribution in [2.45, 2.75) is 26.2 Å². The minimum atomic E-state index is -0.699. The van der Waals surface area contributed by atoms with E-state index in [0.29, 0.717) is 5.56 Å². The van der Waals surface area contributed by atoms with E-state index in [-0.39, 0.29) is 16.1 Å². The lowest BCUT2D eigenvalue weighted by Crippen LogP contribution is -2.26. The van der Waals surface area contributed by atoms with E-state index in [1.54, 1.807) is 12.1 Å². The Bertz CT molecular complexity index is 535. The van der Waals surface area contributed by atoms with Crippen molar-refractivity contribution in [1.29, 1.82) is 0 Å². The van der Waals surface area contributed by atoms with Gasteiger partial charge < -0.3 is 0 Å². The van der Waals surface area contributed by atoms with Crippen molar-refractivity contribution in [2.24, 2.45) is 0 Å². The van der Waals surface area contributed by atoms with Crippen LogP contribution in [-0.2, 0) is 15.0 Å². The van der Waals surface area contributed by atoms with Gasteiger partial charge in [-0.15, -0.1) is 5.06 Å². The van der Waals surface area contributed by atoms with Crippen molar-refractivity contribution in [2.75, 3.05) is 0 Å². The highest BCUT2D eigenvalue weighted by Crippen LogP contribution is 2.26. The standard InChI is InChI=1S/C14H15NO3/c1-14(2,3)10-6-4-9(5-7-10)11-8-12(16)15(18)13(11)17/h4-8,18H,1-3H3. The molecule has 0 aliphatic carbocycles. The van der Waals surface area contributed by atoms with E-state index in [9.17, 15) is 9.59 Å². The van der Waals surface area contributed by atoms with Crippen LogP contribution in [-0.4, -0.2) is 22.1 Å². The van der Waals surface area contributed by atoms with Crippen LogP contribution in [0.5, 0.6) is 0 Å². The van der Waals surface area contributed by atoms with Crippen molar-refractivity contribution in [3.05, 3.63) is 41.5 Å². The van der Waals surface area contributed by atoms with E-state index < -0.39 is 11.8 Å². The Kier molecular flexibility index (Phi) is 2.83. The van der Waals surface area contributed by atoms with Crippen LogP contribution in [0.3, 0.4) is 0 Å². The highest BCUT2D eigenvalue weighted by molar-refractivity contribution is 6.32. The van der Waals surface area contributed by atoms with Gasteiger partial charge in [-0.1, -0.05) is 45.0 Å². The fourth-order valence-corrected chi connectivity index (χ4v) is 1.82. The quantitative estimate of drug-likeness (QED) is 0.609. The maximum absolute atomic E-state index is 11.6. The van der Waals surface area contributed by atoms with E-state index in [4.69, 9.17) is 5.21 Å². The molecule has 1 aliphatic heterocycles. The van der Waals surface area contributed by atoms with Gasteiger partial charge >= 0.3 is 0 Å². The first-order chi connectivity index (χ1) is 8.30. The number of rotatable bonds is 1. The molecule has 94 valence electrons. The first-order valence-corrected chi connectivity index (χ1v) is 5.70. The molecule has 4 heteroatoms. The molecule has 1 heterocycles. The second kappa shape index (κ2) is 4.07. The summed E-state index contributed by atoms with van der Waals surface area (Å²) in [4.78, 5) is 22.8. The van der Waals surface area contributed by atoms with Crippen molar-refractivity contribution < 1.29 is 14.8 Å². The first kappa shape index (κ1) is 12.5. The molecule has 0 spiro atoms. The fraction of sp³-hybridized carbons (Fsp3) is 0.286. The fourth-order valence-electron chi connectivity index (χ4n) is 1.82. The number of benzene rings is 1. The van der Waals surface area contributed by atoms with Crippen molar-refractivity contribution in [3.8, 4) is 0 Å². The Balaban J connectivity index is 2.35. The normalized spacial score (nSPS) is 16.2. The molecule has 0 bridgehead atoms. The summed E-state index contributed by atoms with van der Waals surface area (Å²) in [7, 11) is 0. The second-order valence-corrected chi connectivity index (χ2v) is 5.34. The lowest BCUT2D eigenvalue weighted by atomic mass is 9.86. The number of amides is 2. The molecule has 0 saturated carbocycles. The van der Waals surface area contributed by atoms with Crippen LogP contribution < -0.4 is 0 Å². The Morgan fingerprint density at radius 1 is 1.06 bits per heavy atom. The molecule has 0 aromatic heterocycles. The van der Waals surface area contributed by atoms with E-state index >= 15 is 0 Å². The third-order valence-corrected chi connectivity index (χ3v) is 2.96. The molecular formula is C14H15NO3. The summed E-state index contributed by atoms with van der Waals surface area (Å²) in [6, 6.07) is 7.43. The van der Waals surface area contributed by atoms with Gasteiger partial charge in [-0.3, -0.25) is 14.8 Å². The van der Waals surface area contributed by atoms with Gasteiger partial charge in [0.15, 0.2) is 0 Å². The van der Waals surface area contributed by atoms with Gasteiger partial charge in [0.1, 0.15) is 0 Å². The van der Waals surface area contributed by atoms with Crippen LogP contribution in [0.2, 0.25) is 0 Å². The van der Waals surface area contributed by atoms with Gasteiger partial charge in [0, 0.05) is 6.08 Å².